The second kappa shape index (κ2) is 4.92. The molecule has 0 saturated heterocycles. The van der Waals surface area contributed by atoms with Crippen molar-refractivity contribution in [2.24, 2.45) is 0 Å². The summed E-state index contributed by atoms with van der Waals surface area (Å²) in [5.41, 5.74) is 2.31. The van der Waals surface area contributed by atoms with Crippen molar-refractivity contribution >= 4 is 32.0 Å². The molecule has 0 fully saturated rings. The molecule has 0 radical (unpaired) electrons. The van der Waals surface area contributed by atoms with Crippen LogP contribution < -0.4 is 4.90 Å². The molecular weight excluding hydrogens is 249 g/mol. The Hall–Kier alpha value is -1.37. The molecule has 74 valence electrons. The Bertz CT molecular complexity index is 385. The van der Waals surface area contributed by atoms with Crippen molar-refractivity contribution in [1.29, 1.82) is 0 Å². The molecule has 2 aromatic carbocycles. The number of anilines is 2. The third kappa shape index (κ3) is 2.35. The predicted octanol–water partition coefficient (Wildman–Crippen LogP) is 2.75. The summed E-state index contributed by atoms with van der Waals surface area (Å²) in [4.78, 5) is 2.11. The summed E-state index contributed by atoms with van der Waals surface area (Å²) >= 11 is 2.94. The van der Waals surface area contributed by atoms with Gasteiger partial charge < -0.3 is 0 Å². The SMILES string of the molecule is [Se]=CN(c1ccccc1)c1ccccc1. The van der Waals surface area contributed by atoms with Gasteiger partial charge in [0.05, 0.1) is 0 Å². The average Bonchev–Trinajstić information content (AvgIpc) is 2.33. The number of hydrogen-bond acceptors (Lipinski definition) is 1. The number of hydrogen-bond donors (Lipinski definition) is 0. The molecule has 2 aromatic rings. The summed E-state index contributed by atoms with van der Waals surface area (Å²) in [5, 5.41) is 1.95. The molecule has 0 heterocycles. The molecule has 0 bridgehead atoms. The topological polar surface area (TPSA) is 3.24 Å². The van der Waals surface area contributed by atoms with E-state index in [0.29, 0.717) is 0 Å². The molecule has 0 unspecified atom stereocenters. The van der Waals surface area contributed by atoms with Gasteiger partial charge in [0.2, 0.25) is 0 Å². The van der Waals surface area contributed by atoms with E-state index in [1.807, 2.05) is 41.4 Å². The normalized spacial score (nSPS) is 9.60. The first kappa shape index (κ1) is 10.2. The van der Waals surface area contributed by atoms with Crippen LogP contribution >= 0.6 is 0 Å². The van der Waals surface area contributed by atoms with Gasteiger partial charge in [0.1, 0.15) is 0 Å². The first-order chi connectivity index (χ1) is 7.42. The van der Waals surface area contributed by atoms with Crippen LogP contribution in [0.25, 0.3) is 0 Å². The van der Waals surface area contributed by atoms with E-state index >= 15 is 0 Å². The molecule has 2 heteroatoms. The van der Waals surface area contributed by atoms with Crippen LogP contribution in [0.4, 0.5) is 11.4 Å². The molecule has 1 nitrogen and oxygen atoms in total. The zero-order valence-corrected chi connectivity index (χ0v) is 9.92. The van der Waals surface area contributed by atoms with Gasteiger partial charge in [-0.2, -0.15) is 0 Å². The van der Waals surface area contributed by atoms with E-state index in [9.17, 15) is 0 Å². The number of para-hydroxylation sites is 2. The Balaban J connectivity index is 2.38. The van der Waals surface area contributed by atoms with Crippen LogP contribution in [0.5, 0.6) is 0 Å². The second-order valence-corrected chi connectivity index (χ2v) is 3.59. The van der Waals surface area contributed by atoms with Crippen LogP contribution in [0, 0.1) is 0 Å². The second-order valence-electron chi connectivity index (χ2n) is 3.15. The summed E-state index contributed by atoms with van der Waals surface area (Å²) < 4.78 is 0. The molecule has 0 aliphatic carbocycles. The minimum atomic E-state index is 1.16. The van der Waals surface area contributed by atoms with Gasteiger partial charge in [-0.15, -0.1) is 0 Å². The number of benzene rings is 2. The Kier molecular flexibility index (Phi) is 3.33. The van der Waals surface area contributed by atoms with E-state index < -0.39 is 0 Å². The van der Waals surface area contributed by atoms with Gasteiger partial charge >= 0.3 is 97.6 Å². The molecule has 0 N–H and O–H groups in total. The van der Waals surface area contributed by atoms with Gasteiger partial charge in [-0.3, -0.25) is 0 Å². The molecular formula is C13H11NSe. The zero-order chi connectivity index (χ0) is 10.5. The monoisotopic (exact) mass is 261 g/mol. The first-order valence-electron chi connectivity index (χ1n) is 4.76. The number of nitrogens with zero attached hydrogens (tertiary/aromatic N) is 1. The van der Waals surface area contributed by atoms with Crippen molar-refractivity contribution in [2.45, 2.75) is 0 Å². The van der Waals surface area contributed by atoms with Gasteiger partial charge in [0.15, 0.2) is 0 Å². The van der Waals surface area contributed by atoms with Crippen LogP contribution in [0.2, 0.25) is 0 Å². The number of rotatable bonds is 3. The summed E-state index contributed by atoms with van der Waals surface area (Å²) in [6.45, 7) is 0. The predicted molar refractivity (Wildman–Crippen MR) is 66.8 cm³/mol. The molecule has 0 aromatic heterocycles. The molecule has 0 aliphatic heterocycles. The molecule has 0 atom stereocenters. The van der Waals surface area contributed by atoms with Crippen molar-refractivity contribution in [2.75, 3.05) is 4.90 Å². The third-order valence-corrected chi connectivity index (χ3v) is 2.62. The fraction of sp³-hybridized carbons (Fsp3) is 0. The van der Waals surface area contributed by atoms with Gasteiger partial charge in [0.25, 0.3) is 0 Å². The Morgan fingerprint density at radius 1 is 0.733 bits per heavy atom. The van der Waals surface area contributed by atoms with Crippen LogP contribution in [-0.2, 0) is 0 Å². The quantitative estimate of drug-likeness (QED) is 0.767. The third-order valence-electron chi connectivity index (χ3n) is 2.17. The summed E-state index contributed by atoms with van der Waals surface area (Å²) in [6, 6.07) is 20.5. The van der Waals surface area contributed by atoms with Gasteiger partial charge in [-0.1, -0.05) is 0 Å². The van der Waals surface area contributed by atoms with Crippen LogP contribution in [0.3, 0.4) is 0 Å². The van der Waals surface area contributed by atoms with E-state index in [4.69, 9.17) is 0 Å². The maximum atomic E-state index is 2.94. The summed E-state index contributed by atoms with van der Waals surface area (Å²) in [7, 11) is 0. The summed E-state index contributed by atoms with van der Waals surface area (Å²) in [5.74, 6) is 0. The molecule has 15 heavy (non-hydrogen) atoms. The van der Waals surface area contributed by atoms with Crippen molar-refractivity contribution in [3.63, 3.8) is 0 Å². The Labute approximate surface area is 97.7 Å². The zero-order valence-electron chi connectivity index (χ0n) is 8.21. The van der Waals surface area contributed by atoms with Crippen molar-refractivity contribution in [1.82, 2.24) is 0 Å². The maximum absolute atomic E-state index is 2.94. The van der Waals surface area contributed by atoms with E-state index in [2.05, 4.69) is 44.7 Å². The molecule has 0 spiro atoms. The van der Waals surface area contributed by atoms with E-state index in [1.54, 1.807) is 0 Å². The van der Waals surface area contributed by atoms with Crippen LogP contribution in [0.15, 0.2) is 60.7 Å². The molecule has 0 aliphatic rings. The van der Waals surface area contributed by atoms with E-state index in [0.717, 1.165) is 11.4 Å². The van der Waals surface area contributed by atoms with Gasteiger partial charge in [0, 0.05) is 0 Å². The molecule has 0 saturated carbocycles. The Morgan fingerprint density at radius 2 is 1.13 bits per heavy atom. The van der Waals surface area contributed by atoms with Crippen molar-refractivity contribution in [3.05, 3.63) is 60.7 Å². The Morgan fingerprint density at radius 3 is 1.47 bits per heavy atom. The van der Waals surface area contributed by atoms with Crippen molar-refractivity contribution < 1.29 is 0 Å². The van der Waals surface area contributed by atoms with E-state index in [-0.39, 0.29) is 0 Å². The fourth-order valence-corrected chi connectivity index (χ4v) is 1.96. The standard InChI is InChI=1S/C13H11NSe/c15-11-14(12-7-3-1-4-8-12)13-9-5-2-6-10-13/h1-11H. The molecule has 2 rings (SSSR count). The fourth-order valence-electron chi connectivity index (χ4n) is 1.45. The molecule has 0 amide bonds. The van der Waals surface area contributed by atoms with Gasteiger partial charge in [-0.25, -0.2) is 0 Å². The van der Waals surface area contributed by atoms with E-state index in [1.165, 1.54) is 0 Å². The summed E-state index contributed by atoms with van der Waals surface area (Å²) in [6.07, 6.45) is 0. The van der Waals surface area contributed by atoms with Crippen molar-refractivity contribution in [3.8, 4) is 0 Å². The van der Waals surface area contributed by atoms with Crippen LogP contribution in [0.1, 0.15) is 0 Å². The minimum absolute atomic E-state index is 1.16. The van der Waals surface area contributed by atoms with Crippen LogP contribution in [-0.4, -0.2) is 20.6 Å². The van der Waals surface area contributed by atoms with Gasteiger partial charge in [-0.05, 0) is 0 Å². The first-order valence-corrected chi connectivity index (χ1v) is 5.75. The average molecular weight is 260 g/mol.